The Morgan fingerprint density at radius 3 is 2.63 bits per heavy atom. The topological polar surface area (TPSA) is 79.1 Å². The van der Waals surface area contributed by atoms with Gasteiger partial charge in [0.05, 0.1) is 30.3 Å². The Morgan fingerprint density at radius 2 is 1.89 bits per heavy atom. The molecule has 3 N–H and O–H groups in total. The van der Waals surface area contributed by atoms with E-state index in [1.165, 1.54) is 0 Å². The lowest BCUT2D eigenvalue weighted by molar-refractivity contribution is -0.247. The summed E-state index contributed by atoms with van der Waals surface area (Å²) in [6, 6.07) is 5.79. The summed E-state index contributed by atoms with van der Waals surface area (Å²) in [5.41, 5.74) is 2.32. The molecule has 1 fully saturated rings. The number of nitrogens with one attached hydrogen (secondary N) is 3. The molecular formula is C13H17N3O3. The van der Waals surface area contributed by atoms with E-state index in [2.05, 4.69) is 15.3 Å². The quantitative estimate of drug-likeness (QED) is 0.765. The first-order valence-electron chi connectivity index (χ1n) is 6.28. The fraction of sp³-hybridized carbons (Fsp3) is 0.462. The van der Waals surface area contributed by atoms with Crippen LogP contribution in [0.2, 0.25) is 0 Å². The number of ether oxygens (including phenoxy) is 2. The average molecular weight is 263 g/mol. The maximum absolute atomic E-state index is 11.2. The largest absolute Gasteiger partial charge is 0.378 e. The standard InChI is InChI=1S/C13H17N3O3/c1-13(2)18-6-9(7-19-13)14-8-3-4-10-11(5-8)16-12(17)15-10/h3-5,9,14H,6-7H2,1-2H3,(H2,15,16,17). The van der Waals surface area contributed by atoms with Crippen LogP contribution in [0.3, 0.4) is 0 Å². The SMILES string of the molecule is CC1(C)OCC(Nc2ccc3[nH]c(=O)[nH]c3c2)CO1. The minimum absolute atomic E-state index is 0.108. The van der Waals surface area contributed by atoms with E-state index in [-0.39, 0.29) is 11.7 Å². The summed E-state index contributed by atoms with van der Waals surface area (Å²) in [6.45, 7) is 4.99. The summed E-state index contributed by atoms with van der Waals surface area (Å²) >= 11 is 0. The van der Waals surface area contributed by atoms with E-state index in [9.17, 15) is 4.79 Å². The van der Waals surface area contributed by atoms with E-state index in [0.29, 0.717) is 13.2 Å². The smallest absolute Gasteiger partial charge is 0.323 e. The van der Waals surface area contributed by atoms with Crippen molar-refractivity contribution >= 4 is 16.7 Å². The maximum Gasteiger partial charge on any atom is 0.323 e. The van der Waals surface area contributed by atoms with Crippen LogP contribution >= 0.6 is 0 Å². The van der Waals surface area contributed by atoms with Gasteiger partial charge in [0.15, 0.2) is 5.79 Å². The third-order valence-electron chi connectivity index (χ3n) is 3.15. The van der Waals surface area contributed by atoms with Crippen molar-refractivity contribution < 1.29 is 9.47 Å². The Morgan fingerprint density at radius 1 is 1.21 bits per heavy atom. The molecule has 3 rings (SSSR count). The van der Waals surface area contributed by atoms with Gasteiger partial charge < -0.3 is 24.8 Å². The van der Waals surface area contributed by atoms with Crippen molar-refractivity contribution in [1.82, 2.24) is 9.97 Å². The van der Waals surface area contributed by atoms with Gasteiger partial charge in [0.25, 0.3) is 0 Å². The number of anilines is 1. The molecule has 1 aliphatic rings. The third-order valence-corrected chi connectivity index (χ3v) is 3.15. The highest BCUT2D eigenvalue weighted by Gasteiger charge is 2.28. The van der Waals surface area contributed by atoms with Crippen LogP contribution in [-0.2, 0) is 9.47 Å². The average Bonchev–Trinajstić information content (AvgIpc) is 2.71. The Balaban J connectivity index is 1.73. The molecule has 0 bridgehead atoms. The van der Waals surface area contributed by atoms with Gasteiger partial charge >= 0.3 is 5.69 Å². The van der Waals surface area contributed by atoms with Gasteiger partial charge in [-0.1, -0.05) is 0 Å². The first kappa shape index (κ1) is 12.3. The zero-order valence-electron chi connectivity index (χ0n) is 10.9. The normalized spacial score (nSPS) is 19.7. The molecule has 0 radical (unpaired) electrons. The lowest BCUT2D eigenvalue weighted by Gasteiger charge is -2.35. The van der Waals surface area contributed by atoms with Gasteiger partial charge in [0.1, 0.15) is 0 Å². The van der Waals surface area contributed by atoms with Crippen LogP contribution in [0.4, 0.5) is 5.69 Å². The zero-order chi connectivity index (χ0) is 13.5. The number of H-pyrrole nitrogens is 2. The summed E-state index contributed by atoms with van der Waals surface area (Å²) in [4.78, 5) is 16.6. The molecule has 6 nitrogen and oxygen atoms in total. The van der Waals surface area contributed by atoms with E-state index in [1.54, 1.807) is 0 Å². The van der Waals surface area contributed by atoms with Gasteiger partial charge in [-0.2, -0.15) is 0 Å². The van der Waals surface area contributed by atoms with Crippen LogP contribution in [0.15, 0.2) is 23.0 Å². The molecule has 1 aromatic heterocycles. The van der Waals surface area contributed by atoms with E-state index >= 15 is 0 Å². The van der Waals surface area contributed by atoms with Crippen molar-refractivity contribution in [1.29, 1.82) is 0 Å². The second-order valence-corrected chi connectivity index (χ2v) is 5.20. The number of fused-ring (bicyclic) bond motifs is 1. The van der Waals surface area contributed by atoms with Crippen LogP contribution in [0.5, 0.6) is 0 Å². The maximum atomic E-state index is 11.2. The Hall–Kier alpha value is -1.79. The fourth-order valence-corrected chi connectivity index (χ4v) is 2.13. The number of aromatic nitrogens is 2. The molecule has 2 aromatic rings. The molecular weight excluding hydrogens is 246 g/mol. The number of imidazole rings is 1. The molecule has 2 heterocycles. The molecule has 1 saturated heterocycles. The molecule has 6 heteroatoms. The van der Waals surface area contributed by atoms with Crippen LogP contribution in [0, 0.1) is 0 Å². The van der Waals surface area contributed by atoms with Gasteiger partial charge in [0.2, 0.25) is 0 Å². The third kappa shape index (κ3) is 2.64. The van der Waals surface area contributed by atoms with Crippen molar-refractivity contribution in [3.05, 3.63) is 28.7 Å². The minimum atomic E-state index is -0.506. The van der Waals surface area contributed by atoms with Crippen LogP contribution < -0.4 is 11.0 Å². The Kier molecular flexibility index (Phi) is 2.83. The van der Waals surface area contributed by atoms with Crippen molar-refractivity contribution in [2.45, 2.75) is 25.7 Å². The highest BCUT2D eigenvalue weighted by atomic mass is 16.7. The molecule has 1 aliphatic heterocycles. The van der Waals surface area contributed by atoms with E-state index in [1.807, 2.05) is 32.0 Å². The van der Waals surface area contributed by atoms with Crippen LogP contribution in [0.25, 0.3) is 11.0 Å². The van der Waals surface area contributed by atoms with Crippen molar-refractivity contribution in [2.75, 3.05) is 18.5 Å². The van der Waals surface area contributed by atoms with Crippen molar-refractivity contribution in [3.63, 3.8) is 0 Å². The minimum Gasteiger partial charge on any atom is -0.378 e. The molecule has 19 heavy (non-hydrogen) atoms. The van der Waals surface area contributed by atoms with E-state index in [4.69, 9.17) is 9.47 Å². The van der Waals surface area contributed by atoms with Crippen LogP contribution in [-0.4, -0.2) is 35.0 Å². The van der Waals surface area contributed by atoms with Gasteiger partial charge in [-0.25, -0.2) is 4.79 Å². The van der Waals surface area contributed by atoms with Crippen molar-refractivity contribution in [3.8, 4) is 0 Å². The number of benzene rings is 1. The summed E-state index contributed by atoms with van der Waals surface area (Å²) in [6.07, 6.45) is 0. The zero-order valence-corrected chi connectivity index (χ0v) is 10.9. The van der Waals surface area contributed by atoms with E-state index in [0.717, 1.165) is 16.7 Å². The first-order valence-corrected chi connectivity index (χ1v) is 6.28. The number of aromatic amines is 2. The Bertz CT molecular complexity index is 634. The summed E-state index contributed by atoms with van der Waals surface area (Å²) < 4.78 is 11.2. The van der Waals surface area contributed by atoms with Gasteiger partial charge in [-0.15, -0.1) is 0 Å². The second-order valence-electron chi connectivity index (χ2n) is 5.20. The first-order chi connectivity index (χ1) is 9.02. The predicted octanol–water partition coefficient (Wildman–Crippen LogP) is 1.42. The second kappa shape index (κ2) is 4.40. The van der Waals surface area contributed by atoms with E-state index < -0.39 is 5.79 Å². The van der Waals surface area contributed by atoms with Gasteiger partial charge in [0, 0.05) is 5.69 Å². The molecule has 0 atom stereocenters. The molecule has 0 aliphatic carbocycles. The number of rotatable bonds is 2. The monoisotopic (exact) mass is 263 g/mol. The molecule has 0 amide bonds. The highest BCUT2D eigenvalue weighted by molar-refractivity contribution is 5.78. The number of hydrogen-bond acceptors (Lipinski definition) is 4. The number of hydrogen-bond donors (Lipinski definition) is 3. The van der Waals surface area contributed by atoms with Gasteiger partial charge in [-0.05, 0) is 32.0 Å². The summed E-state index contributed by atoms with van der Waals surface area (Å²) in [5, 5.41) is 3.33. The molecule has 0 saturated carbocycles. The predicted molar refractivity (Wildman–Crippen MR) is 72.3 cm³/mol. The molecule has 0 unspecified atom stereocenters. The fourth-order valence-electron chi connectivity index (χ4n) is 2.13. The highest BCUT2D eigenvalue weighted by Crippen LogP contribution is 2.21. The van der Waals surface area contributed by atoms with Gasteiger partial charge in [-0.3, -0.25) is 0 Å². The lowest BCUT2D eigenvalue weighted by atomic mass is 10.2. The summed E-state index contributed by atoms with van der Waals surface area (Å²) in [7, 11) is 0. The lowest BCUT2D eigenvalue weighted by Crippen LogP contribution is -2.45. The van der Waals surface area contributed by atoms with Crippen LogP contribution in [0.1, 0.15) is 13.8 Å². The summed E-state index contributed by atoms with van der Waals surface area (Å²) in [5.74, 6) is -0.506. The van der Waals surface area contributed by atoms with Crippen molar-refractivity contribution in [2.24, 2.45) is 0 Å². The molecule has 1 aromatic carbocycles. The molecule has 0 spiro atoms. The molecule has 102 valence electrons. The Labute approximate surface area is 110 Å².